The Morgan fingerprint density at radius 1 is 1.08 bits per heavy atom. The number of carbonyl (C=O) groups is 2. The summed E-state index contributed by atoms with van der Waals surface area (Å²) in [5, 5.41) is 0. The van der Waals surface area contributed by atoms with Gasteiger partial charge < -0.3 is 9.80 Å². The molecule has 1 aliphatic carbocycles. The fourth-order valence-corrected chi connectivity index (χ4v) is 4.06. The number of carbonyl (C=O) groups excluding carboxylic acids is 2. The van der Waals surface area contributed by atoms with Gasteiger partial charge in [0, 0.05) is 45.1 Å². The zero-order valence-electron chi connectivity index (χ0n) is 14.4. The minimum absolute atomic E-state index is 0.00967. The Hall–Kier alpha value is -2.00. The second-order valence-electron chi connectivity index (χ2n) is 6.56. The third-order valence-corrected chi connectivity index (χ3v) is 6.12. The molecule has 0 aromatic heterocycles. The van der Waals surface area contributed by atoms with Crippen LogP contribution in [0.1, 0.15) is 19.3 Å². The van der Waals surface area contributed by atoms with Crippen LogP contribution in [0.3, 0.4) is 0 Å². The maximum absolute atomic E-state index is 13.6. The van der Waals surface area contributed by atoms with Gasteiger partial charge in [-0.2, -0.15) is 0 Å². The second-order valence-corrected chi connectivity index (χ2v) is 8.29. The minimum Gasteiger partial charge on any atom is -0.339 e. The summed E-state index contributed by atoms with van der Waals surface area (Å²) in [6.45, 7) is 1.84. The van der Waals surface area contributed by atoms with E-state index in [9.17, 15) is 22.4 Å². The third-order valence-electron chi connectivity index (χ3n) is 4.63. The number of hydrogen-bond donors (Lipinski definition) is 1. The Morgan fingerprint density at radius 2 is 1.69 bits per heavy atom. The van der Waals surface area contributed by atoms with E-state index in [2.05, 4.69) is 4.72 Å². The smallest absolute Gasteiger partial charge is 0.243 e. The van der Waals surface area contributed by atoms with Crippen molar-refractivity contribution in [2.45, 2.75) is 24.2 Å². The number of benzene rings is 1. The van der Waals surface area contributed by atoms with E-state index < -0.39 is 20.7 Å². The van der Waals surface area contributed by atoms with Gasteiger partial charge in [-0.1, -0.05) is 12.1 Å². The first kappa shape index (κ1) is 18.8. The predicted octanol–water partition coefficient (Wildman–Crippen LogP) is 0.575. The Balaban J connectivity index is 1.44. The number of hydrogen-bond acceptors (Lipinski definition) is 4. The van der Waals surface area contributed by atoms with Gasteiger partial charge in [0.2, 0.25) is 21.8 Å². The monoisotopic (exact) mass is 383 g/mol. The Bertz CT molecular complexity index is 787. The summed E-state index contributed by atoms with van der Waals surface area (Å²) in [4.78, 5) is 27.2. The molecule has 1 aliphatic heterocycles. The molecule has 0 spiro atoms. The molecule has 1 saturated heterocycles. The van der Waals surface area contributed by atoms with Crippen LogP contribution in [0.2, 0.25) is 0 Å². The molecule has 1 heterocycles. The molecule has 0 radical (unpaired) electrons. The van der Waals surface area contributed by atoms with E-state index in [0.29, 0.717) is 26.2 Å². The molecule has 9 heteroatoms. The second kappa shape index (κ2) is 7.71. The fourth-order valence-electron chi connectivity index (χ4n) is 2.96. The quantitative estimate of drug-likeness (QED) is 0.778. The molecule has 1 aromatic rings. The van der Waals surface area contributed by atoms with Crippen LogP contribution in [0.5, 0.6) is 0 Å². The molecular formula is C17H22FN3O4S. The van der Waals surface area contributed by atoms with Crippen molar-refractivity contribution < 1.29 is 22.4 Å². The molecule has 7 nitrogen and oxygen atoms in total. The summed E-state index contributed by atoms with van der Waals surface area (Å²) < 4.78 is 40.0. The van der Waals surface area contributed by atoms with Crippen molar-refractivity contribution in [2.24, 2.45) is 5.92 Å². The highest BCUT2D eigenvalue weighted by molar-refractivity contribution is 7.89. The highest BCUT2D eigenvalue weighted by Gasteiger charge is 2.35. The van der Waals surface area contributed by atoms with Crippen molar-refractivity contribution in [2.75, 3.05) is 32.7 Å². The topological polar surface area (TPSA) is 86.8 Å². The Labute approximate surface area is 152 Å². The van der Waals surface area contributed by atoms with Crippen molar-refractivity contribution in [3.8, 4) is 0 Å². The SMILES string of the molecule is O=C(CCNS(=O)(=O)c1ccccc1F)N1CCN(C(=O)C2CC2)CC1. The van der Waals surface area contributed by atoms with Crippen LogP contribution in [0.25, 0.3) is 0 Å². The Morgan fingerprint density at radius 3 is 2.31 bits per heavy atom. The normalized spacial score (nSPS) is 18.0. The number of amides is 2. The zero-order chi connectivity index (χ0) is 18.7. The summed E-state index contributed by atoms with van der Waals surface area (Å²) in [6.07, 6.45) is 1.91. The maximum Gasteiger partial charge on any atom is 0.243 e. The molecule has 0 bridgehead atoms. The predicted molar refractivity (Wildman–Crippen MR) is 92.1 cm³/mol. The molecule has 1 N–H and O–H groups in total. The lowest BCUT2D eigenvalue weighted by Gasteiger charge is -2.35. The molecule has 0 unspecified atom stereocenters. The molecule has 2 amide bonds. The van der Waals surface area contributed by atoms with Crippen LogP contribution in [-0.4, -0.2) is 62.8 Å². The number of nitrogens with zero attached hydrogens (tertiary/aromatic N) is 2. The number of nitrogens with one attached hydrogen (secondary N) is 1. The molecule has 2 aliphatic rings. The van der Waals surface area contributed by atoms with Gasteiger partial charge in [-0.15, -0.1) is 0 Å². The molecule has 2 fully saturated rings. The molecule has 142 valence electrons. The largest absolute Gasteiger partial charge is 0.339 e. The van der Waals surface area contributed by atoms with E-state index in [1.54, 1.807) is 9.80 Å². The summed E-state index contributed by atoms with van der Waals surface area (Å²) in [5.41, 5.74) is 0. The Kier molecular flexibility index (Phi) is 5.57. The summed E-state index contributed by atoms with van der Waals surface area (Å²) in [6, 6.07) is 5.09. The van der Waals surface area contributed by atoms with Crippen molar-refractivity contribution in [1.82, 2.24) is 14.5 Å². The summed E-state index contributed by atoms with van der Waals surface area (Å²) in [7, 11) is -3.99. The highest BCUT2D eigenvalue weighted by Crippen LogP contribution is 2.31. The first-order valence-electron chi connectivity index (χ1n) is 8.69. The van der Waals surface area contributed by atoms with Crippen LogP contribution >= 0.6 is 0 Å². The minimum atomic E-state index is -3.99. The first-order chi connectivity index (χ1) is 12.4. The van der Waals surface area contributed by atoms with Crippen LogP contribution in [0.15, 0.2) is 29.2 Å². The van der Waals surface area contributed by atoms with E-state index in [1.807, 2.05) is 0 Å². The van der Waals surface area contributed by atoms with Gasteiger partial charge in [0.25, 0.3) is 0 Å². The van der Waals surface area contributed by atoms with E-state index in [0.717, 1.165) is 18.9 Å². The van der Waals surface area contributed by atoms with Crippen LogP contribution in [0.4, 0.5) is 4.39 Å². The van der Waals surface area contributed by atoms with Crippen LogP contribution in [-0.2, 0) is 19.6 Å². The lowest BCUT2D eigenvalue weighted by molar-refractivity contribution is -0.140. The van der Waals surface area contributed by atoms with Crippen molar-refractivity contribution in [3.05, 3.63) is 30.1 Å². The van der Waals surface area contributed by atoms with Gasteiger partial charge in [0.15, 0.2) is 0 Å². The van der Waals surface area contributed by atoms with Gasteiger partial charge in [-0.3, -0.25) is 9.59 Å². The molecule has 1 saturated carbocycles. The maximum atomic E-state index is 13.6. The number of rotatable bonds is 6. The van der Waals surface area contributed by atoms with Gasteiger partial charge in [-0.25, -0.2) is 17.5 Å². The molecular weight excluding hydrogens is 361 g/mol. The van der Waals surface area contributed by atoms with Crippen molar-refractivity contribution in [3.63, 3.8) is 0 Å². The van der Waals surface area contributed by atoms with Gasteiger partial charge >= 0.3 is 0 Å². The molecule has 3 rings (SSSR count). The first-order valence-corrected chi connectivity index (χ1v) is 10.2. The summed E-state index contributed by atoms with van der Waals surface area (Å²) >= 11 is 0. The van der Waals surface area contributed by atoms with Crippen molar-refractivity contribution in [1.29, 1.82) is 0 Å². The van der Waals surface area contributed by atoms with E-state index in [-0.39, 0.29) is 30.7 Å². The van der Waals surface area contributed by atoms with E-state index in [4.69, 9.17) is 0 Å². The average Bonchev–Trinajstić information content (AvgIpc) is 3.46. The van der Waals surface area contributed by atoms with Gasteiger partial charge in [0.05, 0.1) is 0 Å². The molecule has 0 atom stereocenters. The van der Waals surface area contributed by atoms with Gasteiger partial charge in [-0.05, 0) is 25.0 Å². The zero-order valence-corrected chi connectivity index (χ0v) is 15.2. The standard InChI is InChI=1S/C17H22FN3O4S/c18-14-3-1-2-4-15(14)26(24,25)19-8-7-16(22)20-9-11-21(12-10-20)17(23)13-5-6-13/h1-4,13,19H,5-12H2. The summed E-state index contributed by atoms with van der Waals surface area (Å²) in [5.74, 6) is -0.665. The molecule has 26 heavy (non-hydrogen) atoms. The lowest BCUT2D eigenvalue weighted by atomic mass is 10.2. The number of piperazine rings is 1. The van der Waals surface area contributed by atoms with Gasteiger partial charge in [0.1, 0.15) is 10.7 Å². The fraction of sp³-hybridized carbons (Fsp3) is 0.529. The van der Waals surface area contributed by atoms with Crippen LogP contribution < -0.4 is 4.72 Å². The van der Waals surface area contributed by atoms with E-state index in [1.165, 1.54) is 18.2 Å². The van der Waals surface area contributed by atoms with E-state index >= 15 is 0 Å². The number of halogens is 1. The molecule has 1 aromatic carbocycles. The number of sulfonamides is 1. The highest BCUT2D eigenvalue weighted by atomic mass is 32.2. The van der Waals surface area contributed by atoms with Crippen LogP contribution in [0, 0.1) is 11.7 Å². The average molecular weight is 383 g/mol. The van der Waals surface area contributed by atoms with Crippen molar-refractivity contribution >= 4 is 21.8 Å². The lowest BCUT2D eigenvalue weighted by Crippen LogP contribution is -2.51. The third kappa shape index (κ3) is 4.39.